The van der Waals surface area contributed by atoms with Gasteiger partial charge in [0.2, 0.25) is 6.10 Å². The van der Waals surface area contributed by atoms with Crippen molar-refractivity contribution in [2.45, 2.75) is 419 Å². The van der Waals surface area contributed by atoms with Gasteiger partial charge in [0, 0.05) is 25.7 Å². The molecule has 0 bridgehead atoms. The molecule has 0 spiro atoms. The second-order valence-electron chi connectivity index (χ2n) is 23.8. The molecule has 0 saturated carbocycles. The lowest BCUT2D eigenvalue weighted by Gasteiger charge is -2.36. The van der Waals surface area contributed by atoms with Gasteiger partial charge in [0.1, 0.15) is 0 Å². The number of hydrogen-bond donors (Lipinski definition) is 0. The maximum Gasteiger partial charge on any atom is 0.463 e. The van der Waals surface area contributed by atoms with Gasteiger partial charge in [-0.15, -0.1) is 0 Å². The molecule has 77 heavy (non-hydrogen) atoms. The molecule has 0 aliphatic heterocycles. The van der Waals surface area contributed by atoms with Gasteiger partial charge in [-0.05, 0) is 32.1 Å². The molecular weight excluding hydrogens is 957 g/mol. The van der Waals surface area contributed by atoms with Crippen LogP contribution in [0.2, 0.25) is 0 Å². The van der Waals surface area contributed by atoms with E-state index in [1.807, 2.05) is 6.92 Å². The highest BCUT2D eigenvalue weighted by Gasteiger charge is 2.53. The Labute approximate surface area is 479 Å². The van der Waals surface area contributed by atoms with E-state index < -0.39 is 36.0 Å². The van der Waals surface area contributed by atoms with Crippen molar-refractivity contribution < 1.29 is 38.1 Å². The Morgan fingerprint density at radius 1 is 0.234 bits per heavy atom. The monoisotopic (exact) mass is 1090 g/mol. The number of esters is 4. The average molecular weight is 1090 g/mol. The van der Waals surface area contributed by atoms with E-state index >= 15 is 0 Å². The fourth-order valence-corrected chi connectivity index (χ4v) is 10.8. The molecule has 0 aromatic carbocycles. The van der Waals surface area contributed by atoms with Gasteiger partial charge in [-0.2, -0.15) is 0 Å². The highest BCUT2D eigenvalue weighted by molar-refractivity contribution is 5.74. The van der Waals surface area contributed by atoms with Crippen molar-refractivity contribution in [1.82, 2.24) is 0 Å². The Morgan fingerprint density at radius 3 is 0.584 bits per heavy atom. The molecule has 456 valence electrons. The number of hydrogen-bond acceptors (Lipinski definition) is 8. The van der Waals surface area contributed by atoms with E-state index in [-0.39, 0.29) is 32.1 Å². The predicted octanol–water partition coefficient (Wildman–Crippen LogP) is 22.9. The zero-order chi connectivity index (χ0) is 56.2. The molecule has 0 aromatic heterocycles. The summed E-state index contributed by atoms with van der Waals surface area (Å²) in [5.74, 6) is -4.75. The van der Waals surface area contributed by atoms with Crippen molar-refractivity contribution in [2.24, 2.45) is 0 Å². The summed E-state index contributed by atoms with van der Waals surface area (Å²) in [4.78, 5) is 55.6. The molecule has 8 nitrogen and oxygen atoms in total. The van der Waals surface area contributed by atoms with Gasteiger partial charge in [0.25, 0.3) is 0 Å². The molecule has 0 saturated heterocycles. The minimum absolute atomic E-state index is 0.0953. The Hall–Kier alpha value is -2.12. The normalized spacial score (nSPS) is 12.0. The molecule has 0 radical (unpaired) electrons. The fourth-order valence-electron chi connectivity index (χ4n) is 10.8. The lowest BCUT2D eigenvalue weighted by atomic mass is 10.0. The molecule has 0 aliphatic rings. The first kappa shape index (κ1) is 74.9. The minimum Gasteiger partial charge on any atom is -0.449 e. The van der Waals surface area contributed by atoms with Crippen LogP contribution in [0.5, 0.6) is 0 Å². The van der Waals surface area contributed by atoms with Gasteiger partial charge in [-0.1, -0.05) is 349 Å². The smallest absolute Gasteiger partial charge is 0.449 e. The number of carbonyl (C=O) groups is 4. The first-order valence-corrected chi connectivity index (χ1v) is 34.6. The molecule has 0 fully saturated rings. The van der Waals surface area contributed by atoms with Gasteiger partial charge < -0.3 is 18.9 Å². The minimum atomic E-state index is -2.48. The van der Waals surface area contributed by atoms with Crippen molar-refractivity contribution in [3.8, 4) is 0 Å². The SMILES string of the molecule is CCCCCCCCCCCCCCCC(=O)OC(CCC)C(OC(=O)CCCCCCCCCCCCCCC)(OC(=O)CCCCCCCCCCCCCCC)OC(=O)CCCCCCCCCCCCCCC. The van der Waals surface area contributed by atoms with E-state index in [9.17, 15) is 19.2 Å². The van der Waals surface area contributed by atoms with Crippen LogP contribution in [0.3, 0.4) is 0 Å². The van der Waals surface area contributed by atoms with E-state index in [1.165, 1.54) is 231 Å². The molecule has 0 rings (SSSR count). The number of rotatable bonds is 63. The maximum atomic E-state index is 14.0. The van der Waals surface area contributed by atoms with Crippen LogP contribution in [0.15, 0.2) is 0 Å². The summed E-state index contributed by atoms with van der Waals surface area (Å²) in [5.41, 5.74) is 0. The molecule has 1 unspecified atom stereocenters. The van der Waals surface area contributed by atoms with Crippen LogP contribution in [-0.4, -0.2) is 36.0 Å². The Bertz CT molecular complexity index is 1160. The van der Waals surface area contributed by atoms with Gasteiger partial charge in [-0.3, -0.25) is 19.2 Å². The third-order valence-electron chi connectivity index (χ3n) is 15.9. The van der Waals surface area contributed by atoms with E-state index in [4.69, 9.17) is 18.9 Å². The fraction of sp³-hybridized carbons (Fsp3) is 0.942. The van der Waals surface area contributed by atoms with Gasteiger partial charge in [0.05, 0.1) is 0 Å². The second-order valence-corrected chi connectivity index (χ2v) is 23.8. The molecule has 0 heterocycles. The van der Waals surface area contributed by atoms with Crippen molar-refractivity contribution in [3.05, 3.63) is 0 Å². The van der Waals surface area contributed by atoms with E-state index in [2.05, 4.69) is 27.7 Å². The number of ether oxygens (including phenoxy) is 4. The van der Waals surface area contributed by atoms with E-state index in [0.717, 1.165) is 77.0 Å². The van der Waals surface area contributed by atoms with Crippen LogP contribution in [0, 0.1) is 0 Å². The second kappa shape index (κ2) is 60.0. The molecule has 0 aliphatic carbocycles. The third kappa shape index (κ3) is 51.8. The van der Waals surface area contributed by atoms with Crippen LogP contribution in [0.4, 0.5) is 0 Å². The van der Waals surface area contributed by atoms with Crippen LogP contribution in [-0.2, 0) is 38.1 Å². The molecule has 1 atom stereocenters. The highest BCUT2D eigenvalue weighted by atomic mass is 16.9. The van der Waals surface area contributed by atoms with Gasteiger partial charge >= 0.3 is 29.9 Å². The number of carbonyl (C=O) groups excluding carboxylic acids is 4. The van der Waals surface area contributed by atoms with E-state index in [1.54, 1.807) is 0 Å². The largest absolute Gasteiger partial charge is 0.463 e. The van der Waals surface area contributed by atoms with Crippen LogP contribution < -0.4 is 0 Å². The first-order chi connectivity index (χ1) is 37.8. The molecule has 0 amide bonds. The zero-order valence-electron chi connectivity index (χ0n) is 52.4. The summed E-state index contributed by atoms with van der Waals surface area (Å²) < 4.78 is 24.6. The van der Waals surface area contributed by atoms with Crippen LogP contribution in [0.1, 0.15) is 407 Å². The Kier molecular flexibility index (Phi) is 58.3. The lowest BCUT2D eigenvalue weighted by Crippen LogP contribution is -2.55. The average Bonchev–Trinajstić information content (AvgIpc) is 3.41. The van der Waals surface area contributed by atoms with Crippen molar-refractivity contribution in [2.75, 3.05) is 0 Å². The van der Waals surface area contributed by atoms with Crippen molar-refractivity contribution in [1.29, 1.82) is 0 Å². The quantitative estimate of drug-likeness (QED) is 0.0337. The summed E-state index contributed by atoms with van der Waals surface area (Å²) in [7, 11) is 0. The molecular formula is C69H132O8. The third-order valence-corrected chi connectivity index (χ3v) is 15.9. The van der Waals surface area contributed by atoms with Gasteiger partial charge in [0.15, 0.2) is 0 Å². The first-order valence-electron chi connectivity index (χ1n) is 34.6. The van der Waals surface area contributed by atoms with Crippen LogP contribution >= 0.6 is 0 Å². The summed E-state index contributed by atoms with van der Waals surface area (Å²) >= 11 is 0. The highest BCUT2D eigenvalue weighted by Crippen LogP contribution is 2.31. The summed E-state index contributed by atoms with van der Waals surface area (Å²) in [6.45, 7) is 11.0. The molecule has 8 heteroatoms. The number of unbranched alkanes of at least 4 members (excludes halogenated alkanes) is 48. The summed E-state index contributed by atoms with van der Waals surface area (Å²) in [6.07, 6.45) is 61.8. The Balaban J connectivity index is 5.81. The Morgan fingerprint density at radius 2 is 0.403 bits per heavy atom. The maximum absolute atomic E-state index is 14.0. The van der Waals surface area contributed by atoms with Crippen molar-refractivity contribution >= 4 is 23.9 Å². The lowest BCUT2D eigenvalue weighted by molar-refractivity contribution is -0.365. The predicted molar refractivity (Wildman–Crippen MR) is 327 cm³/mol. The standard InChI is InChI=1S/C69H132O8/c1-6-11-15-19-23-27-31-35-39-43-47-51-55-60-65(70)74-64(59-10-5)69(75-66(71)61-56-52-48-44-40-36-32-28-24-20-16-12-7-2,76-67(72)62-57-53-49-45-41-37-33-29-25-21-17-13-8-3)77-68(73)63-58-54-50-46-42-38-34-30-26-22-18-14-9-4/h64H,6-63H2,1-5H3. The van der Waals surface area contributed by atoms with Gasteiger partial charge in [-0.25, -0.2) is 0 Å². The van der Waals surface area contributed by atoms with Crippen LogP contribution in [0.25, 0.3) is 0 Å². The topological polar surface area (TPSA) is 105 Å². The zero-order valence-corrected chi connectivity index (χ0v) is 52.4. The van der Waals surface area contributed by atoms with Crippen molar-refractivity contribution in [3.63, 3.8) is 0 Å². The van der Waals surface area contributed by atoms with E-state index in [0.29, 0.717) is 32.1 Å². The molecule has 0 aromatic rings. The molecule has 0 N–H and O–H groups in total. The summed E-state index contributed by atoms with van der Waals surface area (Å²) in [5, 5.41) is 0. The summed E-state index contributed by atoms with van der Waals surface area (Å²) in [6, 6.07) is 0.